The van der Waals surface area contributed by atoms with Crippen molar-refractivity contribution in [3.8, 4) is 17.2 Å². The normalized spacial score (nSPS) is 13.0. The molecule has 0 aromatic heterocycles. The van der Waals surface area contributed by atoms with Crippen LogP contribution in [0.15, 0.2) is 114 Å². The molecule has 242 valence electrons. The summed E-state index contributed by atoms with van der Waals surface area (Å²) in [5.74, 6) is 1.07. The fourth-order valence-corrected chi connectivity index (χ4v) is 10.9. The molecule has 4 aromatic rings. The lowest BCUT2D eigenvalue weighted by Gasteiger charge is -2.43. The van der Waals surface area contributed by atoms with Gasteiger partial charge in [0.2, 0.25) is 0 Å². The highest BCUT2D eigenvalue weighted by atomic mass is 127. The van der Waals surface area contributed by atoms with E-state index in [1.54, 1.807) is 25.3 Å². The van der Waals surface area contributed by atoms with E-state index >= 15 is 0 Å². The molecule has 0 fully saturated rings. The number of rotatable bonds is 13. The topological polar surface area (TPSA) is 88.4 Å². The fourth-order valence-electron chi connectivity index (χ4n) is 5.69. The summed E-state index contributed by atoms with van der Waals surface area (Å²) in [7, 11) is 0.245. The Morgan fingerprint density at radius 1 is 0.826 bits per heavy atom. The van der Waals surface area contributed by atoms with E-state index in [9.17, 15) is 15.3 Å². The van der Waals surface area contributed by atoms with Gasteiger partial charge < -0.3 is 29.2 Å². The number of ether oxygens (including phenoxy) is 2. The molecule has 0 aliphatic rings. The highest BCUT2D eigenvalue weighted by molar-refractivity contribution is 14.1. The first-order chi connectivity index (χ1) is 22.0. The van der Waals surface area contributed by atoms with Crippen molar-refractivity contribution < 1.29 is 29.2 Å². The summed E-state index contributed by atoms with van der Waals surface area (Å²) in [6.07, 6.45) is 0.716. The molecule has 6 nitrogen and oxygen atoms in total. The molecule has 0 saturated carbocycles. The van der Waals surface area contributed by atoms with Crippen molar-refractivity contribution in [1.82, 2.24) is 0 Å². The van der Waals surface area contributed by atoms with Gasteiger partial charge in [-0.2, -0.15) is 0 Å². The Labute approximate surface area is 287 Å². The first kappa shape index (κ1) is 35.5. The quantitative estimate of drug-likeness (QED) is 0.0761. The van der Waals surface area contributed by atoms with Gasteiger partial charge in [-0.25, -0.2) is 0 Å². The van der Waals surface area contributed by atoms with Crippen molar-refractivity contribution in [1.29, 1.82) is 0 Å². The van der Waals surface area contributed by atoms with E-state index in [4.69, 9.17) is 13.9 Å². The minimum Gasteiger partial charge on any atom is -0.504 e. The summed E-state index contributed by atoms with van der Waals surface area (Å²) in [6, 6.07) is 31.6. The zero-order valence-electron chi connectivity index (χ0n) is 27.0. The molecule has 4 rings (SSSR count). The molecular weight excluding hydrogens is 707 g/mol. The lowest BCUT2D eigenvalue weighted by molar-refractivity contribution is 0.172. The Kier molecular flexibility index (Phi) is 12.3. The molecule has 0 aliphatic carbocycles. The lowest BCUT2D eigenvalue weighted by atomic mass is 10.0. The predicted octanol–water partition coefficient (Wildman–Crippen LogP) is 7.22. The van der Waals surface area contributed by atoms with E-state index in [0.29, 0.717) is 21.3 Å². The number of benzene rings is 4. The van der Waals surface area contributed by atoms with E-state index < -0.39 is 20.5 Å². The largest absolute Gasteiger partial charge is 0.504 e. The molecule has 46 heavy (non-hydrogen) atoms. The summed E-state index contributed by atoms with van der Waals surface area (Å²) in [4.78, 5) is 0. The summed E-state index contributed by atoms with van der Waals surface area (Å²) in [6.45, 7) is 6.94. The van der Waals surface area contributed by atoms with Gasteiger partial charge in [0.25, 0.3) is 8.32 Å². The van der Waals surface area contributed by atoms with Crippen LogP contribution in [0.3, 0.4) is 0 Å². The molecule has 0 aliphatic heterocycles. The van der Waals surface area contributed by atoms with Crippen molar-refractivity contribution in [3.05, 3.63) is 129 Å². The Bertz CT molecular complexity index is 1590. The van der Waals surface area contributed by atoms with Crippen LogP contribution in [0.5, 0.6) is 17.2 Å². The number of phenolic OH excluding ortho intramolecular Hbond substituents is 1. The molecule has 2 atom stereocenters. The van der Waals surface area contributed by atoms with Gasteiger partial charge in [0, 0.05) is 12.8 Å². The van der Waals surface area contributed by atoms with Gasteiger partial charge in [-0.05, 0) is 85.0 Å². The summed E-state index contributed by atoms with van der Waals surface area (Å²) >= 11 is 2.02. The van der Waals surface area contributed by atoms with Gasteiger partial charge in [0.1, 0.15) is 5.75 Å². The van der Waals surface area contributed by atoms with Gasteiger partial charge in [0.15, 0.2) is 11.5 Å². The highest BCUT2D eigenvalue weighted by Crippen LogP contribution is 2.38. The van der Waals surface area contributed by atoms with E-state index in [1.165, 1.54) is 17.5 Å². The Balaban J connectivity index is 1.71. The van der Waals surface area contributed by atoms with Crippen LogP contribution in [-0.2, 0) is 4.43 Å². The monoisotopic (exact) mass is 750 g/mol. The Morgan fingerprint density at radius 2 is 1.41 bits per heavy atom. The zero-order chi connectivity index (χ0) is 33.3. The second-order valence-corrected chi connectivity index (χ2v) is 17.7. The van der Waals surface area contributed by atoms with Gasteiger partial charge in [-0.3, -0.25) is 0 Å². The maximum absolute atomic E-state index is 11.3. The predicted molar refractivity (Wildman–Crippen MR) is 195 cm³/mol. The number of phenols is 1. The third kappa shape index (κ3) is 8.31. The lowest BCUT2D eigenvalue weighted by Crippen LogP contribution is -2.66. The fraction of sp³-hybridized carbons (Fsp3) is 0.289. The van der Waals surface area contributed by atoms with Crippen LogP contribution in [0.25, 0.3) is 0 Å². The Morgan fingerprint density at radius 3 is 1.93 bits per heavy atom. The molecular formula is C38H43IO6Si. The number of aliphatic hydroxyl groups excluding tert-OH is 2. The number of halogens is 1. The number of aliphatic hydroxyl groups is 2. The maximum Gasteiger partial charge on any atom is 0.261 e. The highest BCUT2D eigenvalue weighted by Gasteiger charge is 2.50. The molecule has 8 heteroatoms. The molecule has 0 radical (unpaired) electrons. The van der Waals surface area contributed by atoms with Crippen molar-refractivity contribution in [2.24, 2.45) is 0 Å². The second kappa shape index (κ2) is 16.0. The third-order valence-electron chi connectivity index (χ3n) is 8.12. The minimum atomic E-state index is -2.85. The van der Waals surface area contributed by atoms with Crippen LogP contribution in [0.4, 0.5) is 0 Å². The van der Waals surface area contributed by atoms with Crippen LogP contribution >= 0.6 is 22.6 Å². The van der Waals surface area contributed by atoms with Crippen molar-refractivity contribution >= 4 is 41.3 Å². The summed E-state index contributed by atoms with van der Waals surface area (Å²) in [5.41, 5.74) is 5.55. The van der Waals surface area contributed by atoms with E-state index in [1.807, 2.05) is 59.0 Å². The molecule has 4 aromatic carbocycles. The number of hydrogen-bond donors (Lipinski definition) is 3. The van der Waals surface area contributed by atoms with E-state index in [0.717, 1.165) is 16.9 Å². The Hall–Kier alpha value is -3.37. The number of aromatic hydroxyl groups is 1. The van der Waals surface area contributed by atoms with Crippen molar-refractivity contribution in [3.63, 3.8) is 0 Å². The summed E-state index contributed by atoms with van der Waals surface area (Å²) in [5, 5.41) is 34.7. The SMILES string of the molecule is COc1ccc([C@H](O)CC(=C=CC[C@@H](O)c2cc(I)c(O)c(OC)c2)CO[Si](c2ccccc2)(c2ccccc2)C(C)(C)C)cc1. The standard InChI is InChI=1S/C38H43IO6Si/c1-38(2,3)46(31-14-8-6-9-15-31,32-16-10-7-11-17-32)45-26-27(23-35(41)28-19-21-30(43-4)22-20-28)13-12-18-34(40)29-24-33(39)37(42)36(25-29)44-5/h6-12,14-17,19-22,24-25,34-35,40-42H,18,23,26H2,1-5H3/t13?,34-,35-/m1/s1. The first-order valence-electron chi connectivity index (χ1n) is 15.2. The van der Waals surface area contributed by atoms with Crippen LogP contribution < -0.4 is 19.8 Å². The minimum absolute atomic E-state index is 0.0461. The van der Waals surface area contributed by atoms with Crippen LogP contribution in [-0.4, -0.2) is 44.5 Å². The summed E-state index contributed by atoms with van der Waals surface area (Å²) < 4.78 is 18.4. The second-order valence-electron chi connectivity index (χ2n) is 12.2. The van der Waals surface area contributed by atoms with Crippen LogP contribution in [0.2, 0.25) is 5.04 Å². The molecule has 0 saturated heterocycles. The third-order valence-corrected chi connectivity index (χ3v) is 13.9. The zero-order valence-corrected chi connectivity index (χ0v) is 30.2. The van der Waals surface area contributed by atoms with Crippen molar-refractivity contribution in [2.75, 3.05) is 20.8 Å². The van der Waals surface area contributed by atoms with Gasteiger partial charge in [-0.15, -0.1) is 5.73 Å². The van der Waals surface area contributed by atoms with Gasteiger partial charge in [-0.1, -0.05) is 93.6 Å². The maximum atomic E-state index is 11.3. The molecule has 0 heterocycles. The number of methoxy groups -OCH3 is 2. The van der Waals surface area contributed by atoms with Gasteiger partial charge in [0.05, 0.1) is 36.6 Å². The average molecular weight is 751 g/mol. The first-order valence-corrected chi connectivity index (χ1v) is 18.2. The van der Waals surface area contributed by atoms with Crippen LogP contribution in [0, 0.1) is 3.57 Å². The molecule has 0 amide bonds. The van der Waals surface area contributed by atoms with Crippen molar-refractivity contribution in [2.45, 2.75) is 50.9 Å². The molecule has 0 unspecified atom stereocenters. The van der Waals surface area contributed by atoms with E-state index in [-0.39, 0.29) is 23.8 Å². The van der Waals surface area contributed by atoms with Crippen LogP contribution in [0.1, 0.15) is 56.9 Å². The molecule has 3 N–H and O–H groups in total. The average Bonchev–Trinajstić information content (AvgIpc) is 3.06. The molecule has 0 spiro atoms. The smallest absolute Gasteiger partial charge is 0.261 e. The molecule has 0 bridgehead atoms. The van der Waals surface area contributed by atoms with Gasteiger partial charge >= 0.3 is 0 Å². The number of hydrogen-bond acceptors (Lipinski definition) is 6. The van der Waals surface area contributed by atoms with E-state index in [2.05, 4.69) is 75.0 Å².